The minimum absolute atomic E-state index is 0.581. The summed E-state index contributed by atoms with van der Waals surface area (Å²) in [7, 11) is 3.77. The van der Waals surface area contributed by atoms with Crippen LogP contribution in [-0.4, -0.2) is 19.1 Å². The van der Waals surface area contributed by atoms with Crippen LogP contribution in [0.5, 0.6) is 0 Å². The number of nitriles is 1. The molecule has 0 unspecified atom stereocenters. The average Bonchev–Trinajstić information content (AvgIpc) is 2.38. The molecule has 0 saturated heterocycles. The summed E-state index contributed by atoms with van der Waals surface area (Å²) in [5.41, 5.74) is 3.32. The van der Waals surface area contributed by atoms with Crippen molar-refractivity contribution in [2.75, 3.05) is 19.0 Å². The summed E-state index contributed by atoms with van der Waals surface area (Å²) in [4.78, 5) is 6.28. The molecule has 0 atom stereocenters. The first-order chi connectivity index (χ1) is 9.02. The third kappa shape index (κ3) is 2.69. The Morgan fingerprint density at radius 2 is 1.84 bits per heavy atom. The largest absolute Gasteiger partial charge is 0.362 e. The Bertz CT molecular complexity index is 640. The fourth-order valence-corrected chi connectivity index (χ4v) is 2.07. The molecule has 2 aromatic rings. The van der Waals surface area contributed by atoms with Gasteiger partial charge in [-0.05, 0) is 30.7 Å². The lowest BCUT2D eigenvalue weighted by Crippen LogP contribution is -2.13. The predicted molar refractivity (Wildman–Crippen MR) is 78.5 cm³/mol. The van der Waals surface area contributed by atoms with Crippen LogP contribution in [0.3, 0.4) is 0 Å². The number of aryl methyl sites for hydroxylation is 1. The van der Waals surface area contributed by atoms with E-state index in [9.17, 15) is 5.26 Å². The van der Waals surface area contributed by atoms with Crippen LogP contribution < -0.4 is 4.90 Å². The lowest BCUT2D eigenvalue weighted by Gasteiger charge is -2.16. The zero-order valence-corrected chi connectivity index (χ0v) is 11.9. The van der Waals surface area contributed by atoms with Crippen molar-refractivity contribution in [1.82, 2.24) is 4.98 Å². The van der Waals surface area contributed by atoms with Gasteiger partial charge in [-0.3, -0.25) is 0 Å². The van der Waals surface area contributed by atoms with Crippen LogP contribution in [0.15, 0.2) is 30.3 Å². The quantitative estimate of drug-likeness (QED) is 0.837. The van der Waals surface area contributed by atoms with Crippen molar-refractivity contribution >= 4 is 17.4 Å². The maximum atomic E-state index is 9.41. The van der Waals surface area contributed by atoms with Gasteiger partial charge in [0.25, 0.3) is 0 Å². The van der Waals surface area contributed by atoms with E-state index in [0.717, 1.165) is 16.8 Å². The molecule has 3 nitrogen and oxygen atoms in total. The van der Waals surface area contributed by atoms with Crippen LogP contribution in [-0.2, 0) is 0 Å². The van der Waals surface area contributed by atoms with Gasteiger partial charge >= 0.3 is 0 Å². The summed E-state index contributed by atoms with van der Waals surface area (Å²) < 4.78 is 0. The lowest BCUT2D eigenvalue weighted by molar-refractivity contribution is 1.04. The first-order valence-corrected chi connectivity index (χ1v) is 6.25. The van der Waals surface area contributed by atoms with Gasteiger partial charge in [0.05, 0.1) is 0 Å². The normalized spacial score (nSPS) is 10.1. The first-order valence-electron chi connectivity index (χ1n) is 5.88. The lowest BCUT2D eigenvalue weighted by atomic mass is 10.0. The van der Waals surface area contributed by atoms with Gasteiger partial charge < -0.3 is 4.90 Å². The number of halogens is 1. The zero-order valence-electron chi connectivity index (χ0n) is 11.1. The highest BCUT2D eigenvalue weighted by Gasteiger charge is 2.14. The minimum atomic E-state index is 0.581. The first kappa shape index (κ1) is 13.4. The van der Waals surface area contributed by atoms with E-state index < -0.39 is 0 Å². The van der Waals surface area contributed by atoms with Crippen LogP contribution in [0.4, 0.5) is 5.82 Å². The Hall–Kier alpha value is -2.05. The second-order valence-electron chi connectivity index (χ2n) is 4.52. The standard InChI is InChI=1S/C15H14ClN3/c1-10-8-13(11-4-6-12(16)7-5-11)14(9-17)15(18-10)19(2)3/h4-8H,1-3H3. The van der Waals surface area contributed by atoms with Crippen LogP contribution in [0.25, 0.3) is 11.1 Å². The Balaban J connectivity index is 2.69. The summed E-state index contributed by atoms with van der Waals surface area (Å²) >= 11 is 5.90. The molecule has 0 aliphatic heterocycles. The van der Waals surface area contributed by atoms with Crippen molar-refractivity contribution in [3.05, 3.63) is 46.6 Å². The molecule has 0 radical (unpaired) electrons. The third-order valence-electron chi connectivity index (χ3n) is 2.82. The van der Waals surface area contributed by atoms with E-state index in [4.69, 9.17) is 11.6 Å². The highest BCUT2D eigenvalue weighted by molar-refractivity contribution is 6.30. The maximum Gasteiger partial charge on any atom is 0.146 e. The van der Waals surface area contributed by atoms with E-state index in [0.29, 0.717) is 16.4 Å². The molecule has 0 fully saturated rings. The SMILES string of the molecule is Cc1cc(-c2ccc(Cl)cc2)c(C#N)c(N(C)C)n1. The molecule has 0 bridgehead atoms. The van der Waals surface area contributed by atoms with Crippen molar-refractivity contribution in [2.45, 2.75) is 6.92 Å². The Labute approximate surface area is 118 Å². The number of hydrogen-bond donors (Lipinski definition) is 0. The molecule has 0 spiro atoms. The fraction of sp³-hybridized carbons (Fsp3) is 0.200. The van der Waals surface area contributed by atoms with Gasteiger partial charge in [-0.15, -0.1) is 0 Å². The van der Waals surface area contributed by atoms with Crippen molar-refractivity contribution in [1.29, 1.82) is 5.26 Å². The van der Waals surface area contributed by atoms with Gasteiger partial charge in [-0.1, -0.05) is 23.7 Å². The average molecular weight is 272 g/mol. The van der Waals surface area contributed by atoms with Crippen LogP contribution in [0.2, 0.25) is 5.02 Å². The molecule has 96 valence electrons. The van der Waals surface area contributed by atoms with Crippen molar-refractivity contribution in [3.8, 4) is 17.2 Å². The molecule has 0 aliphatic carbocycles. The molecule has 0 amide bonds. The van der Waals surface area contributed by atoms with Crippen LogP contribution in [0, 0.1) is 18.3 Å². The third-order valence-corrected chi connectivity index (χ3v) is 3.07. The molecule has 1 aromatic heterocycles. The monoisotopic (exact) mass is 271 g/mol. The minimum Gasteiger partial charge on any atom is -0.362 e. The number of hydrogen-bond acceptors (Lipinski definition) is 3. The number of benzene rings is 1. The molecule has 19 heavy (non-hydrogen) atoms. The van der Waals surface area contributed by atoms with Crippen molar-refractivity contribution < 1.29 is 0 Å². The van der Waals surface area contributed by atoms with Gasteiger partial charge in [0.15, 0.2) is 0 Å². The van der Waals surface area contributed by atoms with Crippen LogP contribution in [0.1, 0.15) is 11.3 Å². The summed E-state index contributed by atoms with van der Waals surface area (Å²) in [6, 6.07) is 11.6. The Morgan fingerprint density at radius 1 is 1.21 bits per heavy atom. The molecule has 1 aromatic carbocycles. The summed E-state index contributed by atoms with van der Waals surface area (Å²) in [5.74, 6) is 0.687. The number of anilines is 1. The molecule has 1 heterocycles. The summed E-state index contributed by atoms with van der Waals surface area (Å²) in [6.45, 7) is 1.92. The van der Waals surface area contributed by atoms with Gasteiger partial charge in [-0.2, -0.15) is 5.26 Å². The zero-order chi connectivity index (χ0) is 14.0. The fourth-order valence-electron chi connectivity index (χ4n) is 1.95. The van der Waals surface area contributed by atoms with E-state index in [1.54, 1.807) is 0 Å². The van der Waals surface area contributed by atoms with E-state index in [1.807, 2.05) is 56.3 Å². The Morgan fingerprint density at radius 3 is 2.37 bits per heavy atom. The number of rotatable bonds is 2. The van der Waals surface area contributed by atoms with Gasteiger partial charge in [0.1, 0.15) is 17.5 Å². The van der Waals surface area contributed by atoms with E-state index in [-0.39, 0.29) is 0 Å². The van der Waals surface area contributed by atoms with Crippen molar-refractivity contribution in [3.63, 3.8) is 0 Å². The second-order valence-corrected chi connectivity index (χ2v) is 4.96. The molecule has 0 N–H and O–H groups in total. The van der Waals surface area contributed by atoms with Crippen LogP contribution >= 0.6 is 11.6 Å². The molecule has 0 aliphatic rings. The van der Waals surface area contributed by atoms with E-state index in [2.05, 4.69) is 11.1 Å². The smallest absolute Gasteiger partial charge is 0.146 e. The van der Waals surface area contributed by atoms with Gasteiger partial charge in [0, 0.05) is 30.4 Å². The van der Waals surface area contributed by atoms with Crippen molar-refractivity contribution in [2.24, 2.45) is 0 Å². The predicted octanol–water partition coefficient (Wildman–Crippen LogP) is 3.65. The summed E-state index contributed by atoms with van der Waals surface area (Å²) in [6.07, 6.45) is 0. The second kappa shape index (κ2) is 5.29. The Kier molecular flexibility index (Phi) is 3.73. The summed E-state index contributed by atoms with van der Waals surface area (Å²) in [5, 5.41) is 10.1. The number of nitrogens with zero attached hydrogens (tertiary/aromatic N) is 3. The molecule has 0 saturated carbocycles. The highest BCUT2D eigenvalue weighted by atomic mass is 35.5. The van der Waals surface area contributed by atoms with E-state index in [1.165, 1.54) is 0 Å². The van der Waals surface area contributed by atoms with Gasteiger partial charge in [0.2, 0.25) is 0 Å². The topological polar surface area (TPSA) is 39.9 Å². The number of aromatic nitrogens is 1. The molecular formula is C15H14ClN3. The molecular weight excluding hydrogens is 258 g/mol. The number of pyridine rings is 1. The van der Waals surface area contributed by atoms with E-state index >= 15 is 0 Å². The maximum absolute atomic E-state index is 9.41. The molecule has 4 heteroatoms. The molecule has 2 rings (SSSR count). The highest BCUT2D eigenvalue weighted by Crippen LogP contribution is 2.30. The van der Waals surface area contributed by atoms with Gasteiger partial charge in [-0.25, -0.2) is 4.98 Å².